The summed E-state index contributed by atoms with van der Waals surface area (Å²) < 4.78 is 0. The lowest BCUT2D eigenvalue weighted by atomic mass is 9.85. The van der Waals surface area contributed by atoms with E-state index in [1.54, 1.807) is 0 Å². The second-order valence-electron chi connectivity index (χ2n) is 6.90. The van der Waals surface area contributed by atoms with Crippen LogP contribution in [0.3, 0.4) is 0 Å². The van der Waals surface area contributed by atoms with E-state index < -0.39 is 0 Å². The Balaban J connectivity index is 1.50. The summed E-state index contributed by atoms with van der Waals surface area (Å²) in [7, 11) is 0. The zero-order chi connectivity index (χ0) is 13.0. The molecule has 4 nitrogen and oxygen atoms in total. The third kappa shape index (κ3) is 2.15. The molecule has 2 bridgehead atoms. The Hall–Kier alpha value is -1.06. The lowest BCUT2D eigenvalue weighted by molar-refractivity contribution is -0.155. The van der Waals surface area contributed by atoms with Crippen molar-refractivity contribution in [1.29, 1.82) is 0 Å². The van der Waals surface area contributed by atoms with Gasteiger partial charge in [0, 0.05) is 25.6 Å². The van der Waals surface area contributed by atoms with Gasteiger partial charge in [-0.05, 0) is 50.4 Å². The first-order valence-electron chi connectivity index (χ1n) is 7.81. The van der Waals surface area contributed by atoms with Crippen LogP contribution >= 0.6 is 0 Å². The van der Waals surface area contributed by atoms with Crippen molar-refractivity contribution in [2.45, 2.75) is 44.6 Å². The Bertz CT molecular complexity index is 414. The molecule has 0 radical (unpaired) electrons. The van der Waals surface area contributed by atoms with Crippen LogP contribution in [0.2, 0.25) is 0 Å². The number of carbonyl (C=O) groups excluding carboxylic acids is 2. The maximum absolute atomic E-state index is 12.6. The van der Waals surface area contributed by atoms with Gasteiger partial charge in [0.2, 0.25) is 11.8 Å². The first-order chi connectivity index (χ1) is 9.22. The van der Waals surface area contributed by atoms with Gasteiger partial charge in [-0.1, -0.05) is 0 Å². The number of fused-ring (bicyclic) bond motifs is 2. The molecule has 0 unspecified atom stereocenters. The van der Waals surface area contributed by atoms with E-state index in [0.717, 1.165) is 51.2 Å². The van der Waals surface area contributed by atoms with Gasteiger partial charge in [0.05, 0.1) is 0 Å². The molecule has 4 aliphatic rings. The van der Waals surface area contributed by atoms with Crippen LogP contribution in [-0.4, -0.2) is 47.3 Å². The molecule has 0 aromatic rings. The highest BCUT2D eigenvalue weighted by molar-refractivity contribution is 5.90. The van der Waals surface area contributed by atoms with Gasteiger partial charge in [-0.25, -0.2) is 0 Å². The van der Waals surface area contributed by atoms with Crippen molar-refractivity contribution < 1.29 is 9.59 Å². The van der Waals surface area contributed by atoms with Crippen LogP contribution in [0.1, 0.15) is 38.5 Å². The lowest BCUT2D eigenvalue weighted by Crippen LogP contribution is -2.60. The molecule has 2 amide bonds. The van der Waals surface area contributed by atoms with Gasteiger partial charge in [0.25, 0.3) is 0 Å². The quantitative estimate of drug-likeness (QED) is 0.768. The van der Waals surface area contributed by atoms with Crippen LogP contribution in [0.15, 0.2) is 0 Å². The van der Waals surface area contributed by atoms with E-state index in [1.165, 1.54) is 12.8 Å². The van der Waals surface area contributed by atoms with Crippen LogP contribution in [-0.2, 0) is 9.59 Å². The highest BCUT2D eigenvalue weighted by atomic mass is 16.2. The predicted octanol–water partition coefficient (Wildman–Crippen LogP) is 1.26. The summed E-state index contributed by atoms with van der Waals surface area (Å²) in [4.78, 5) is 28.9. The molecular weight excluding hydrogens is 240 g/mol. The van der Waals surface area contributed by atoms with Crippen LogP contribution in [0.25, 0.3) is 0 Å². The van der Waals surface area contributed by atoms with Gasteiger partial charge >= 0.3 is 0 Å². The highest BCUT2D eigenvalue weighted by Crippen LogP contribution is 2.38. The Morgan fingerprint density at radius 3 is 2.63 bits per heavy atom. The molecule has 2 saturated carbocycles. The van der Waals surface area contributed by atoms with E-state index in [9.17, 15) is 9.59 Å². The van der Waals surface area contributed by atoms with Crippen molar-refractivity contribution in [3.8, 4) is 0 Å². The molecule has 4 fully saturated rings. The van der Waals surface area contributed by atoms with Crippen molar-refractivity contribution in [2.24, 2.45) is 17.8 Å². The monoisotopic (exact) mass is 262 g/mol. The summed E-state index contributed by atoms with van der Waals surface area (Å²) in [6, 6.07) is -0.126. The molecule has 104 valence electrons. The van der Waals surface area contributed by atoms with Crippen molar-refractivity contribution in [3.05, 3.63) is 0 Å². The first kappa shape index (κ1) is 11.7. The third-order valence-electron chi connectivity index (χ3n) is 5.17. The normalized spacial score (nSPS) is 34.6. The average molecular weight is 262 g/mol. The zero-order valence-electron chi connectivity index (χ0n) is 11.4. The number of piperidine rings is 2. The largest absolute Gasteiger partial charge is 0.340 e. The molecule has 19 heavy (non-hydrogen) atoms. The van der Waals surface area contributed by atoms with E-state index in [0.29, 0.717) is 5.92 Å². The van der Waals surface area contributed by atoms with Crippen LogP contribution in [0.5, 0.6) is 0 Å². The standard InChI is InChI=1S/C15H22N2O2/c18-14(12-3-4-12)17-6-5-11-7-13(17)15(19)16(9-11)8-10-1-2-10/h10-13H,1-9H2/t11-,13+/m0/s1. The van der Waals surface area contributed by atoms with Crippen LogP contribution in [0.4, 0.5) is 0 Å². The molecule has 4 rings (SSSR count). The number of nitrogens with zero attached hydrogens (tertiary/aromatic N) is 2. The molecule has 0 aromatic heterocycles. The van der Waals surface area contributed by atoms with Gasteiger partial charge in [0.15, 0.2) is 0 Å². The van der Waals surface area contributed by atoms with Gasteiger partial charge in [-0.2, -0.15) is 0 Å². The van der Waals surface area contributed by atoms with Gasteiger partial charge in [-0.3, -0.25) is 9.59 Å². The molecule has 4 heteroatoms. The van der Waals surface area contributed by atoms with Crippen molar-refractivity contribution in [2.75, 3.05) is 19.6 Å². The second kappa shape index (κ2) is 4.22. The summed E-state index contributed by atoms with van der Waals surface area (Å²) in [6.07, 6.45) is 6.63. The van der Waals surface area contributed by atoms with E-state index in [2.05, 4.69) is 4.90 Å². The molecule has 2 heterocycles. The predicted molar refractivity (Wildman–Crippen MR) is 70.3 cm³/mol. The highest BCUT2D eigenvalue weighted by Gasteiger charge is 2.46. The fraction of sp³-hybridized carbons (Fsp3) is 0.867. The lowest BCUT2D eigenvalue weighted by Gasteiger charge is -2.46. The molecule has 2 aliphatic heterocycles. The molecular formula is C15H22N2O2. The SMILES string of the molecule is O=C1[C@H]2C[C@H](CCN2C(=O)C2CC2)CN1CC1CC1. The van der Waals surface area contributed by atoms with Gasteiger partial charge in [0.1, 0.15) is 6.04 Å². The molecule has 2 saturated heterocycles. The van der Waals surface area contributed by atoms with E-state index in [1.807, 2.05) is 4.90 Å². The smallest absolute Gasteiger partial charge is 0.245 e. The minimum absolute atomic E-state index is 0.126. The van der Waals surface area contributed by atoms with E-state index in [-0.39, 0.29) is 23.8 Å². The Morgan fingerprint density at radius 2 is 1.95 bits per heavy atom. The van der Waals surface area contributed by atoms with E-state index in [4.69, 9.17) is 0 Å². The minimum Gasteiger partial charge on any atom is -0.340 e. The van der Waals surface area contributed by atoms with Crippen LogP contribution < -0.4 is 0 Å². The topological polar surface area (TPSA) is 40.6 Å². The second-order valence-corrected chi connectivity index (χ2v) is 6.90. The number of hydrogen-bond acceptors (Lipinski definition) is 2. The number of hydrogen-bond donors (Lipinski definition) is 0. The maximum atomic E-state index is 12.6. The average Bonchev–Trinajstić information content (AvgIpc) is 3.26. The fourth-order valence-electron chi connectivity index (χ4n) is 3.66. The number of amides is 2. The molecule has 0 aromatic carbocycles. The Kier molecular flexibility index (Phi) is 2.61. The van der Waals surface area contributed by atoms with Crippen molar-refractivity contribution in [1.82, 2.24) is 9.80 Å². The molecule has 0 spiro atoms. The Morgan fingerprint density at radius 1 is 1.16 bits per heavy atom. The fourth-order valence-corrected chi connectivity index (χ4v) is 3.66. The summed E-state index contributed by atoms with van der Waals surface area (Å²) in [5.41, 5.74) is 0. The van der Waals surface area contributed by atoms with Gasteiger partial charge in [-0.15, -0.1) is 0 Å². The summed E-state index contributed by atoms with van der Waals surface area (Å²) in [5.74, 6) is 2.10. The minimum atomic E-state index is -0.126. The maximum Gasteiger partial charge on any atom is 0.245 e. The van der Waals surface area contributed by atoms with Crippen molar-refractivity contribution >= 4 is 11.8 Å². The zero-order valence-corrected chi connectivity index (χ0v) is 11.4. The molecule has 2 atom stereocenters. The Labute approximate surface area is 114 Å². The van der Waals surface area contributed by atoms with Crippen molar-refractivity contribution in [3.63, 3.8) is 0 Å². The van der Waals surface area contributed by atoms with Gasteiger partial charge < -0.3 is 9.80 Å². The third-order valence-corrected chi connectivity index (χ3v) is 5.17. The summed E-state index contributed by atoms with van der Waals surface area (Å²) in [6.45, 7) is 2.70. The number of rotatable bonds is 3. The molecule has 0 N–H and O–H groups in total. The summed E-state index contributed by atoms with van der Waals surface area (Å²) >= 11 is 0. The summed E-state index contributed by atoms with van der Waals surface area (Å²) in [5, 5.41) is 0. The van der Waals surface area contributed by atoms with E-state index >= 15 is 0 Å². The van der Waals surface area contributed by atoms with Crippen LogP contribution in [0, 0.1) is 17.8 Å². The first-order valence-corrected chi connectivity index (χ1v) is 7.81. The number of carbonyl (C=O) groups is 2. The molecule has 2 aliphatic carbocycles. The number of likely N-dealkylation sites (tertiary alicyclic amines) is 2.